The molecule has 1 aromatic rings. The van der Waals surface area contributed by atoms with E-state index in [1.165, 1.54) is 38.1 Å². The second-order valence-electron chi connectivity index (χ2n) is 5.26. The number of carboxylic acid groups (broad SMARTS) is 1. The van der Waals surface area contributed by atoms with E-state index in [4.69, 9.17) is 5.11 Å². The molecule has 0 amide bonds. The molecule has 0 radical (unpaired) electrons. The van der Waals surface area contributed by atoms with E-state index in [1.54, 1.807) is 0 Å². The zero-order chi connectivity index (χ0) is 14.4. The number of aromatic nitrogens is 2. The molecule has 2 heterocycles. The van der Waals surface area contributed by atoms with Crippen molar-refractivity contribution in [3.05, 3.63) is 17.8 Å². The maximum Gasteiger partial charge on any atom is 0.339 e. The number of piperidine rings is 1. The fourth-order valence-corrected chi connectivity index (χ4v) is 2.61. The number of carbonyl (C=O) groups is 1. The van der Waals surface area contributed by atoms with Crippen LogP contribution in [0.5, 0.6) is 0 Å². The molecule has 0 bridgehead atoms. The maximum absolute atomic E-state index is 11.0. The lowest BCUT2D eigenvalue weighted by atomic mass is 10.0. The average Bonchev–Trinajstić information content (AvgIpc) is 2.45. The van der Waals surface area contributed by atoms with Crippen LogP contribution in [0.2, 0.25) is 0 Å². The molecule has 2 rings (SSSR count). The molecular formula is C14H22N4O2. The Labute approximate surface area is 119 Å². The number of anilines is 1. The third-order valence-electron chi connectivity index (χ3n) is 3.81. The van der Waals surface area contributed by atoms with E-state index in [0.29, 0.717) is 18.4 Å². The van der Waals surface area contributed by atoms with Gasteiger partial charge in [-0.05, 0) is 38.8 Å². The molecule has 1 saturated heterocycles. The summed E-state index contributed by atoms with van der Waals surface area (Å²) in [5.41, 5.74) is 0.173. The number of nitrogens with one attached hydrogen (secondary N) is 1. The lowest BCUT2D eigenvalue weighted by Crippen LogP contribution is -2.38. The molecule has 0 saturated carbocycles. The number of aromatic carboxylic acids is 1. The molecular weight excluding hydrogens is 256 g/mol. The van der Waals surface area contributed by atoms with Crippen LogP contribution >= 0.6 is 0 Å². The fraction of sp³-hybridized carbons (Fsp3) is 0.643. The molecule has 1 aliphatic rings. The Balaban J connectivity index is 1.77. The maximum atomic E-state index is 11.0. The van der Waals surface area contributed by atoms with Crippen LogP contribution in [0.15, 0.2) is 12.3 Å². The summed E-state index contributed by atoms with van der Waals surface area (Å²) in [6.07, 6.45) is 6.26. The van der Waals surface area contributed by atoms with Crippen molar-refractivity contribution in [3.8, 4) is 0 Å². The van der Waals surface area contributed by atoms with Gasteiger partial charge in [0.25, 0.3) is 0 Å². The highest BCUT2D eigenvalue weighted by Gasteiger charge is 2.17. The van der Waals surface area contributed by atoms with Gasteiger partial charge in [-0.1, -0.05) is 6.42 Å². The Hall–Kier alpha value is -1.69. The van der Waals surface area contributed by atoms with Crippen molar-refractivity contribution in [2.24, 2.45) is 0 Å². The van der Waals surface area contributed by atoms with Gasteiger partial charge in [0.05, 0.1) is 6.20 Å². The summed E-state index contributed by atoms with van der Waals surface area (Å²) in [7, 11) is 0. The van der Waals surface area contributed by atoms with E-state index < -0.39 is 5.97 Å². The Morgan fingerprint density at radius 1 is 1.55 bits per heavy atom. The quantitative estimate of drug-likeness (QED) is 0.773. The second-order valence-corrected chi connectivity index (χ2v) is 5.26. The summed E-state index contributed by atoms with van der Waals surface area (Å²) in [6.45, 7) is 5.20. The highest BCUT2D eigenvalue weighted by molar-refractivity contribution is 5.92. The standard InChI is InChI=1S/C14H22N4O2/c1-11-5-2-3-9-18(11)10-4-7-15-13-12(14(19)20)6-8-16-17-13/h6,8,11H,2-5,7,9-10H2,1H3,(H,15,17)(H,19,20). The van der Waals surface area contributed by atoms with Gasteiger partial charge >= 0.3 is 5.97 Å². The van der Waals surface area contributed by atoms with Crippen LogP contribution in [0.3, 0.4) is 0 Å². The van der Waals surface area contributed by atoms with Crippen LogP contribution < -0.4 is 5.32 Å². The van der Waals surface area contributed by atoms with Crippen molar-refractivity contribution in [1.82, 2.24) is 15.1 Å². The van der Waals surface area contributed by atoms with Gasteiger partial charge in [-0.25, -0.2) is 4.79 Å². The number of nitrogens with zero attached hydrogens (tertiary/aromatic N) is 3. The topological polar surface area (TPSA) is 78.3 Å². The van der Waals surface area contributed by atoms with Crippen LogP contribution in [0, 0.1) is 0 Å². The summed E-state index contributed by atoms with van der Waals surface area (Å²) < 4.78 is 0. The van der Waals surface area contributed by atoms with E-state index >= 15 is 0 Å². The molecule has 6 heteroatoms. The number of rotatable bonds is 6. The third kappa shape index (κ3) is 3.90. The average molecular weight is 278 g/mol. The van der Waals surface area contributed by atoms with Gasteiger partial charge in [-0.2, -0.15) is 5.10 Å². The second kappa shape index (κ2) is 7.19. The minimum absolute atomic E-state index is 0.173. The number of likely N-dealkylation sites (tertiary alicyclic amines) is 1. The Morgan fingerprint density at radius 3 is 3.15 bits per heavy atom. The molecule has 20 heavy (non-hydrogen) atoms. The number of hydrogen-bond donors (Lipinski definition) is 2. The Bertz CT molecular complexity index is 453. The zero-order valence-electron chi connectivity index (χ0n) is 11.9. The molecule has 2 N–H and O–H groups in total. The normalized spacial score (nSPS) is 19.8. The smallest absolute Gasteiger partial charge is 0.339 e. The summed E-state index contributed by atoms with van der Waals surface area (Å²) in [5, 5.41) is 19.7. The zero-order valence-corrected chi connectivity index (χ0v) is 11.9. The highest BCUT2D eigenvalue weighted by Crippen LogP contribution is 2.16. The van der Waals surface area contributed by atoms with Gasteiger partial charge in [0.15, 0.2) is 5.82 Å². The Kier molecular flexibility index (Phi) is 5.29. The van der Waals surface area contributed by atoms with Gasteiger partial charge in [-0.15, -0.1) is 5.10 Å². The monoisotopic (exact) mass is 278 g/mol. The van der Waals surface area contributed by atoms with Gasteiger partial charge < -0.3 is 15.3 Å². The lowest BCUT2D eigenvalue weighted by Gasteiger charge is -2.33. The predicted octanol–water partition coefficient (Wildman–Crippen LogP) is 1.85. The van der Waals surface area contributed by atoms with Gasteiger partial charge in [0, 0.05) is 19.1 Å². The van der Waals surface area contributed by atoms with Gasteiger partial charge in [0.1, 0.15) is 5.56 Å². The minimum Gasteiger partial charge on any atom is -0.478 e. The third-order valence-corrected chi connectivity index (χ3v) is 3.81. The minimum atomic E-state index is -0.980. The van der Waals surface area contributed by atoms with Gasteiger partial charge in [-0.3, -0.25) is 0 Å². The molecule has 0 aliphatic carbocycles. The SMILES string of the molecule is CC1CCCCN1CCCNc1nnccc1C(=O)O. The van der Waals surface area contributed by atoms with Crippen molar-refractivity contribution in [3.63, 3.8) is 0 Å². The van der Waals surface area contributed by atoms with Crippen LogP contribution in [0.1, 0.15) is 43.0 Å². The first-order chi connectivity index (χ1) is 9.68. The molecule has 6 nitrogen and oxygen atoms in total. The summed E-state index contributed by atoms with van der Waals surface area (Å²) in [4.78, 5) is 13.5. The van der Waals surface area contributed by atoms with Crippen molar-refractivity contribution < 1.29 is 9.90 Å². The van der Waals surface area contributed by atoms with E-state index in [2.05, 4.69) is 27.3 Å². The molecule has 1 aromatic heterocycles. The summed E-state index contributed by atoms with van der Waals surface area (Å²) in [5.74, 6) is -0.626. The molecule has 0 aromatic carbocycles. The lowest BCUT2D eigenvalue weighted by molar-refractivity contribution is 0.0697. The van der Waals surface area contributed by atoms with Gasteiger partial charge in [0.2, 0.25) is 0 Å². The molecule has 0 spiro atoms. The predicted molar refractivity (Wildman–Crippen MR) is 77.0 cm³/mol. The summed E-state index contributed by atoms with van der Waals surface area (Å²) >= 11 is 0. The molecule has 110 valence electrons. The first kappa shape index (κ1) is 14.7. The van der Waals surface area contributed by atoms with E-state index in [-0.39, 0.29) is 5.56 Å². The first-order valence-corrected chi connectivity index (χ1v) is 7.21. The van der Waals surface area contributed by atoms with Crippen LogP contribution in [0.25, 0.3) is 0 Å². The molecule has 1 atom stereocenters. The first-order valence-electron chi connectivity index (χ1n) is 7.21. The number of carboxylic acids is 1. The molecule has 1 fully saturated rings. The Morgan fingerprint density at radius 2 is 2.40 bits per heavy atom. The van der Waals surface area contributed by atoms with Crippen LogP contribution in [-0.4, -0.2) is 51.8 Å². The van der Waals surface area contributed by atoms with Crippen LogP contribution in [-0.2, 0) is 0 Å². The molecule has 1 unspecified atom stereocenters. The van der Waals surface area contributed by atoms with Crippen molar-refractivity contribution in [1.29, 1.82) is 0 Å². The summed E-state index contributed by atoms with van der Waals surface area (Å²) in [6, 6.07) is 2.12. The van der Waals surface area contributed by atoms with E-state index in [0.717, 1.165) is 13.0 Å². The van der Waals surface area contributed by atoms with Crippen LogP contribution in [0.4, 0.5) is 5.82 Å². The van der Waals surface area contributed by atoms with Crippen molar-refractivity contribution in [2.75, 3.05) is 25.0 Å². The number of hydrogen-bond acceptors (Lipinski definition) is 5. The fourth-order valence-electron chi connectivity index (χ4n) is 2.61. The van der Waals surface area contributed by atoms with E-state index in [9.17, 15) is 4.79 Å². The van der Waals surface area contributed by atoms with Crippen molar-refractivity contribution in [2.45, 2.75) is 38.6 Å². The largest absolute Gasteiger partial charge is 0.478 e. The highest BCUT2D eigenvalue weighted by atomic mass is 16.4. The van der Waals surface area contributed by atoms with E-state index in [1.807, 2.05) is 0 Å². The van der Waals surface area contributed by atoms with Crippen molar-refractivity contribution >= 4 is 11.8 Å². The molecule has 1 aliphatic heterocycles.